The normalized spacial score (nSPS) is 25.8. The minimum atomic E-state index is -3.26. The predicted molar refractivity (Wildman–Crippen MR) is 84.3 cm³/mol. The molecule has 0 spiro atoms. The van der Waals surface area contributed by atoms with Crippen LogP contribution in [0.4, 0.5) is 0 Å². The summed E-state index contributed by atoms with van der Waals surface area (Å²) in [6.45, 7) is 2.68. The van der Waals surface area contributed by atoms with Gasteiger partial charge >= 0.3 is 0 Å². The lowest BCUT2D eigenvalue weighted by atomic mass is 9.95. The molecule has 1 atom stereocenters. The Kier molecular flexibility index (Phi) is 4.62. The minimum absolute atomic E-state index is 0.325. The molecule has 2 saturated heterocycles. The third-order valence-electron chi connectivity index (χ3n) is 4.62. The molecule has 0 amide bonds. The van der Waals surface area contributed by atoms with Gasteiger partial charge < -0.3 is 0 Å². The average Bonchev–Trinajstić information content (AvgIpc) is 2.93. The van der Waals surface area contributed by atoms with Crippen LogP contribution in [0.25, 0.3) is 0 Å². The van der Waals surface area contributed by atoms with Crippen molar-refractivity contribution in [1.82, 2.24) is 8.61 Å². The first-order valence-corrected chi connectivity index (χ1v) is 9.38. The molecule has 5 heteroatoms. The number of benzene rings is 1. The van der Waals surface area contributed by atoms with Crippen molar-refractivity contribution in [3.63, 3.8) is 0 Å². The largest absolute Gasteiger partial charge is 0.281 e. The summed E-state index contributed by atoms with van der Waals surface area (Å²) in [6.07, 6.45) is 5.14. The first-order chi connectivity index (χ1) is 10.2. The fraction of sp³-hybridized carbons (Fsp3) is 0.625. The molecule has 0 saturated carbocycles. The van der Waals surface area contributed by atoms with Gasteiger partial charge in [0.2, 0.25) is 0 Å². The molecular weight excluding hydrogens is 284 g/mol. The van der Waals surface area contributed by atoms with Gasteiger partial charge in [0.05, 0.1) is 0 Å². The van der Waals surface area contributed by atoms with E-state index in [1.54, 1.807) is 8.61 Å². The van der Waals surface area contributed by atoms with Gasteiger partial charge in [0, 0.05) is 26.2 Å². The topological polar surface area (TPSA) is 40.6 Å². The Bertz CT molecular complexity index is 553. The molecule has 2 aliphatic heterocycles. The van der Waals surface area contributed by atoms with Crippen molar-refractivity contribution in [1.29, 1.82) is 0 Å². The van der Waals surface area contributed by atoms with Gasteiger partial charge in [0.1, 0.15) is 0 Å². The molecule has 2 aliphatic rings. The van der Waals surface area contributed by atoms with Crippen molar-refractivity contribution in [2.75, 3.05) is 26.2 Å². The fourth-order valence-corrected chi connectivity index (χ4v) is 5.17. The number of rotatable bonds is 3. The van der Waals surface area contributed by atoms with Crippen LogP contribution in [0.2, 0.25) is 0 Å². The minimum Gasteiger partial charge on any atom is -0.195 e. The van der Waals surface area contributed by atoms with E-state index in [1.165, 1.54) is 5.56 Å². The van der Waals surface area contributed by atoms with E-state index < -0.39 is 10.2 Å². The van der Waals surface area contributed by atoms with Crippen molar-refractivity contribution < 1.29 is 8.42 Å². The van der Waals surface area contributed by atoms with Gasteiger partial charge in [0.25, 0.3) is 10.2 Å². The standard InChI is InChI=1S/C16H24N2O2S/c19-21(20,17-11-6-7-12-17)18-13-5-4-10-16(14-18)15-8-2-1-3-9-15/h1-3,8-9,16H,4-7,10-14H2. The van der Waals surface area contributed by atoms with Crippen molar-refractivity contribution in [2.45, 2.75) is 38.0 Å². The average molecular weight is 308 g/mol. The Hall–Kier alpha value is -0.910. The van der Waals surface area contributed by atoms with E-state index >= 15 is 0 Å². The maximum atomic E-state index is 12.8. The first-order valence-electron chi connectivity index (χ1n) is 7.98. The van der Waals surface area contributed by atoms with Gasteiger partial charge in [-0.1, -0.05) is 36.8 Å². The monoisotopic (exact) mass is 308 g/mol. The highest BCUT2D eigenvalue weighted by Crippen LogP contribution is 2.29. The zero-order valence-corrected chi connectivity index (χ0v) is 13.3. The summed E-state index contributed by atoms with van der Waals surface area (Å²) in [5.74, 6) is 0.325. The molecule has 1 aromatic carbocycles. The fourth-order valence-electron chi connectivity index (χ4n) is 3.40. The van der Waals surface area contributed by atoms with E-state index in [2.05, 4.69) is 12.1 Å². The van der Waals surface area contributed by atoms with E-state index in [1.807, 2.05) is 18.2 Å². The highest BCUT2D eigenvalue weighted by atomic mass is 32.2. The third-order valence-corrected chi connectivity index (χ3v) is 6.62. The molecule has 0 bridgehead atoms. The second-order valence-electron chi connectivity index (χ2n) is 6.08. The molecule has 0 aromatic heterocycles. The second-order valence-corrected chi connectivity index (χ2v) is 8.00. The van der Waals surface area contributed by atoms with Crippen LogP contribution in [-0.2, 0) is 10.2 Å². The molecule has 21 heavy (non-hydrogen) atoms. The van der Waals surface area contributed by atoms with Crippen LogP contribution in [0.5, 0.6) is 0 Å². The molecule has 1 aromatic rings. The van der Waals surface area contributed by atoms with Gasteiger partial charge in [-0.05, 0) is 37.2 Å². The third kappa shape index (κ3) is 3.30. The highest BCUT2D eigenvalue weighted by molar-refractivity contribution is 7.86. The Morgan fingerprint density at radius 1 is 0.857 bits per heavy atom. The number of hydrogen-bond donors (Lipinski definition) is 0. The molecule has 4 nitrogen and oxygen atoms in total. The Morgan fingerprint density at radius 2 is 1.48 bits per heavy atom. The van der Waals surface area contributed by atoms with Gasteiger partial charge in [-0.2, -0.15) is 17.0 Å². The summed E-state index contributed by atoms with van der Waals surface area (Å²) in [4.78, 5) is 0. The van der Waals surface area contributed by atoms with Crippen molar-refractivity contribution >= 4 is 10.2 Å². The smallest absolute Gasteiger partial charge is 0.195 e. The molecule has 0 aliphatic carbocycles. The van der Waals surface area contributed by atoms with Crippen LogP contribution in [0.3, 0.4) is 0 Å². The molecule has 0 radical (unpaired) electrons. The maximum absolute atomic E-state index is 12.8. The van der Waals surface area contributed by atoms with Crippen LogP contribution in [0, 0.1) is 0 Å². The summed E-state index contributed by atoms with van der Waals surface area (Å²) in [5.41, 5.74) is 1.26. The summed E-state index contributed by atoms with van der Waals surface area (Å²) >= 11 is 0. The molecule has 1 unspecified atom stereocenters. The van der Waals surface area contributed by atoms with Crippen molar-refractivity contribution in [3.8, 4) is 0 Å². The van der Waals surface area contributed by atoms with Gasteiger partial charge in [-0.3, -0.25) is 0 Å². The molecule has 3 rings (SSSR count). The zero-order chi connectivity index (χ0) is 14.7. The Balaban J connectivity index is 1.79. The van der Waals surface area contributed by atoms with E-state index in [4.69, 9.17) is 0 Å². The van der Waals surface area contributed by atoms with Crippen LogP contribution < -0.4 is 0 Å². The number of hydrogen-bond acceptors (Lipinski definition) is 2. The summed E-state index contributed by atoms with van der Waals surface area (Å²) in [7, 11) is -3.26. The van der Waals surface area contributed by atoms with Crippen LogP contribution in [0.15, 0.2) is 30.3 Å². The van der Waals surface area contributed by atoms with Gasteiger partial charge in [-0.15, -0.1) is 0 Å². The van der Waals surface area contributed by atoms with Gasteiger partial charge in [0.15, 0.2) is 0 Å². The summed E-state index contributed by atoms with van der Waals surface area (Å²) < 4.78 is 28.9. The quantitative estimate of drug-likeness (QED) is 0.861. The van der Waals surface area contributed by atoms with Crippen molar-refractivity contribution in [2.24, 2.45) is 0 Å². The lowest BCUT2D eigenvalue weighted by Gasteiger charge is -2.28. The molecule has 0 N–H and O–H groups in total. The highest BCUT2D eigenvalue weighted by Gasteiger charge is 2.34. The van der Waals surface area contributed by atoms with E-state index in [9.17, 15) is 8.42 Å². The van der Waals surface area contributed by atoms with E-state index in [-0.39, 0.29) is 0 Å². The summed E-state index contributed by atoms with van der Waals surface area (Å²) in [5, 5.41) is 0. The lowest BCUT2D eigenvalue weighted by Crippen LogP contribution is -2.43. The van der Waals surface area contributed by atoms with Crippen LogP contribution in [0.1, 0.15) is 43.6 Å². The van der Waals surface area contributed by atoms with Crippen molar-refractivity contribution in [3.05, 3.63) is 35.9 Å². The molecule has 2 fully saturated rings. The van der Waals surface area contributed by atoms with Gasteiger partial charge in [-0.25, -0.2) is 0 Å². The zero-order valence-electron chi connectivity index (χ0n) is 12.4. The molecular formula is C16H24N2O2S. The second kappa shape index (κ2) is 6.46. The predicted octanol–water partition coefficient (Wildman–Crippen LogP) is 2.60. The van der Waals surface area contributed by atoms with Crippen LogP contribution in [-0.4, -0.2) is 43.2 Å². The van der Waals surface area contributed by atoms with Crippen LogP contribution >= 0.6 is 0 Å². The summed E-state index contributed by atoms with van der Waals surface area (Å²) in [6, 6.07) is 10.3. The molecule has 116 valence electrons. The SMILES string of the molecule is O=S(=O)(N1CCCC1)N1CCCCC(c2ccccc2)C1. The van der Waals surface area contributed by atoms with E-state index in [0.29, 0.717) is 32.1 Å². The van der Waals surface area contributed by atoms with E-state index in [0.717, 1.165) is 32.1 Å². The Morgan fingerprint density at radius 3 is 2.19 bits per heavy atom. The Labute approximate surface area is 127 Å². The molecule has 2 heterocycles. The first kappa shape index (κ1) is 15.0. The maximum Gasteiger partial charge on any atom is 0.281 e. The number of nitrogens with zero attached hydrogens (tertiary/aromatic N) is 2. The lowest BCUT2D eigenvalue weighted by molar-refractivity contribution is 0.357.